The Morgan fingerprint density at radius 2 is 2.14 bits per heavy atom. The van der Waals surface area contributed by atoms with Crippen molar-refractivity contribution in [3.05, 3.63) is 54.4 Å². The maximum absolute atomic E-state index is 13.1. The molecule has 0 unspecified atom stereocenters. The van der Waals surface area contributed by atoms with Gasteiger partial charge >= 0.3 is 0 Å². The first kappa shape index (κ1) is 20.6. The largest absolute Gasteiger partial charge is 0.507 e. The average Bonchev–Trinajstić information content (AvgIpc) is 3.35. The van der Waals surface area contributed by atoms with Gasteiger partial charge in [-0.05, 0) is 43.7 Å². The molecule has 8 heteroatoms. The van der Waals surface area contributed by atoms with Gasteiger partial charge in [0.05, 0.1) is 11.8 Å². The van der Waals surface area contributed by atoms with Crippen molar-refractivity contribution in [2.24, 2.45) is 5.92 Å². The number of nitrogens with zero attached hydrogens (tertiary/aromatic N) is 3. The van der Waals surface area contributed by atoms with Crippen molar-refractivity contribution in [3.63, 3.8) is 0 Å². The van der Waals surface area contributed by atoms with Crippen LogP contribution in [0.5, 0.6) is 5.75 Å². The Kier molecular flexibility index (Phi) is 6.03. The number of aliphatic hydroxyl groups excluding tert-OH is 1. The first-order valence-corrected chi connectivity index (χ1v) is 9.54. The van der Waals surface area contributed by atoms with Crippen molar-refractivity contribution in [1.29, 1.82) is 0 Å². The van der Waals surface area contributed by atoms with E-state index in [0.29, 0.717) is 18.8 Å². The van der Waals surface area contributed by atoms with Crippen molar-refractivity contribution in [2.75, 3.05) is 25.0 Å². The Morgan fingerprint density at radius 3 is 2.76 bits per heavy atom. The fourth-order valence-corrected chi connectivity index (χ4v) is 3.58. The quantitative estimate of drug-likeness (QED) is 0.510. The van der Waals surface area contributed by atoms with E-state index in [1.807, 2.05) is 24.7 Å². The summed E-state index contributed by atoms with van der Waals surface area (Å²) in [6.07, 6.45) is 4.86. The molecular formula is C21H26N4O4. The summed E-state index contributed by atoms with van der Waals surface area (Å²) >= 11 is 0. The van der Waals surface area contributed by atoms with Crippen LogP contribution in [0.2, 0.25) is 0 Å². The predicted molar refractivity (Wildman–Crippen MR) is 109 cm³/mol. The topological polar surface area (TPSA) is 108 Å². The number of hydrogen-bond donors (Lipinski definition) is 3. The third-order valence-electron chi connectivity index (χ3n) is 5.22. The fraction of sp³-hybridized carbons (Fsp3) is 0.381. The van der Waals surface area contributed by atoms with Crippen molar-refractivity contribution < 1.29 is 19.8 Å². The number of benzene rings is 1. The van der Waals surface area contributed by atoms with Crippen molar-refractivity contribution in [2.45, 2.75) is 25.8 Å². The summed E-state index contributed by atoms with van der Waals surface area (Å²) in [5.74, 6) is -1.08. The summed E-state index contributed by atoms with van der Waals surface area (Å²) in [5.41, 5.74) is 1.47. The molecule has 2 aromatic rings. The molecule has 0 bridgehead atoms. The zero-order valence-electron chi connectivity index (χ0n) is 16.6. The molecular weight excluding hydrogens is 372 g/mol. The highest BCUT2D eigenvalue weighted by Gasteiger charge is 2.37. The summed E-state index contributed by atoms with van der Waals surface area (Å²) in [7, 11) is 0. The normalized spacial score (nSPS) is 18.8. The number of aromatic nitrogens is 2. The number of rotatable bonds is 6. The molecule has 1 saturated heterocycles. The number of anilines is 1. The summed E-state index contributed by atoms with van der Waals surface area (Å²) < 4.78 is 1.85. The predicted octanol–water partition coefficient (Wildman–Crippen LogP) is 2.14. The van der Waals surface area contributed by atoms with Gasteiger partial charge in [0.25, 0.3) is 5.91 Å². The smallest absolute Gasteiger partial charge is 0.257 e. The van der Waals surface area contributed by atoms with E-state index in [0.717, 1.165) is 11.6 Å². The number of hydrogen-bond acceptors (Lipinski definition) is 5. The Labute approximate surface area is 169 Å². The lowest BCUT2D eigenvalue weighted by Gasteiger charge is -2.17. The van der Waals surface area contributed by atoms with E-state index in [1.54, 1.807) is 11.1 Å². The number of carbonyl (C=O) groups is 2. The van der Waals surface area contributed by atoms with Crippen LogP contribution in [0, 0.1) is 5.92 Å². The Morgan fingerprint density at radius 1 is 1.38 bits per heavy atom. The number of phenols is 1. The summed E-state index contributed by atoms with van der Waals surface area (Å²) in [4.78, 5) is 26.2. The van der Waals surface area contributed by atoms with E-state index in [9.17, 15) is 19.8 Å². The lowest BCUT2D eigenvalue weighted by Crippen LogP contribution is -2.29. The van der Waals surface area contributed by atoms with Crippen LogP contribution in [0.3, 0.4) is 0 Å². The van der Waals surface area contributed by atoms with Gasteiger partial charge in [0.1, 0.15) is 5.75 Å². The number of likely N-dealkylation sites (tertiary alicyclic amines) is 1. The lowest BCUT2D eigenvalue weighted by atomic mass is 9.92. The molecule has 1 aromatic heterocycles. The van der Waals surface area contributed by atoms with E-state index in [-0.39, 0.29) is 41.7 Å². The van der Waals surface area contributed by atoms with E-state index >= 15 is 0 Å². The molecule has 0 radical (unpaired) electrons. The number of amides is 2. The van der Waals surface area contributed by atoms with Crippen LogP contribution in [-0.4, -0.2) is 56.4 Å². The molecule has 2 heterocycles. The van der Waals surface area contributed by atoms with E-state index in [2.05, 4.69) is 17.0 Å². The number of carbonyl (C=O) groups excluding carboxylic acids is 2. The van der Waals surface area contributed by atoms with E-state index in [1.165, 1.54) is 18.2 Å². The molecule has 154 valence electrons. The Bertz CT molecular complexity index is 921. The van der Waals surface area contributed by atoms with Crippen molar-refractivity contribution >= 4 is 17.5 Å². The molecule has 0 saturated carbocycles. The van der Waals surface area contributed by atoms with Crippen LogP contribution in [0.25, 0.3) is 0 Å². The van der Waals surface area contributed by atoms with Crippen LogP contribution >= 0.6 is 0 Å². The number of phenolic OH excluding ortho intramolecular Hbond substituents is 1. The molecule has 0 spiro atoms. The van der Waals surface area contributed by atoms with Gasteiger partial charge in [0.15, 0.2) is 0 Å². The van der Waals surface area contributed by atoms with Crippen LogP contribution in [-0.2, 0) is 4.79 Å². The number of aliphatic hydroxyl groups is 1. The summed E-state index contributed by atoms with van der Waals surface area (Å²) in [5, 5.41) is 27.0. The zero-order valence-corrected chi connectivity index (χ0v) is 16.6. The molecule has 1 fully saturated rings. The highest BCUT2D eigenvalue weighted by atomic mass is 16.3. The maximum Gasteiger partial charge on any atom is 0.257 e. The molecule has 29 heavy (non-hydrogen) atoms. The van der Waals surface area contributed by atoms with Crippen LogP contribution < -0.4 is 5.32 Å². The lowest BCUT2D eigenvalue weighted by molar-refractivity contribution is -0.111. The first-order chi connectivity index (χ1) is 13.8. The van der Waals surface area contributed by atoms with Gasteiger partial charge in [-0.25, -0.2) is 0 Å². The van der Waals surface area contributed by atoms with Gasteiger partial charge in [-0.15, -0.1) is 0 Å². The van der Waals surface area contributed by atoms with Gasteiger partial charge in [-0.3, -0.25) is 14.3 Å². The second-order valence-corrected chi connectivity index (χ2v) is 7.53. The molecule has 1 aliphatic heterocycles. The second-order valence-electron chi connectivity index (χ2n) is 7.53. The van der Waals surface area contributed by atoms with Crippen molar-refractivity contribution in [1.82, 2.24) is 14.7 Å². The molecule has 8 nitrogen and oxygen atoms in total. The summed E-state index contributed by atoms with van der Waals surface area (Å²) in [6, 6.07) is 4.55. The molecule has 3 rings (SSSR count). The Balaban J connectivity index is 1.81. The third kappa shape index (κ3) is 4.32. The minimum absolute atomic E-state index is 0.0396. The van der Waals surface area contributed by atoms with Gasteiger partial charge in [0.2, 0.25) is 5.91 Å². The zero-order chi connectivity index (χ0) is 21.1. The second kappa shape index (κ2) is 8.48. The fourth-order valence-electron chi connectivity index (χ4n) is 3.58. The molecule has 2 atom stereocenters. The maximum atomic E-state index is 13.1. The standard InChI is InChI=1S/C21H26N4O4/c1-4-20(28)23-16-5-6-19(27)17(7-16)21(29)24-9-15(12-26)18(11-24)14-8-22-25(10-14)13(2)3/h4-8,10,13,15,18,26-27H,1,9,11-12H2,2-3H3,(H,23,28)/t15-,18-/m0/s1. The van der Waals surface area contributed by atoms with E-state index < -0.39 is 5.91 Å². The Hall–Kier alpha value is -3.13. The molecule has 1 aliphatic rings. The minimum Gasteiger partial charge on any atom is -0.507 e. The molecule has 3 N–H and O–H groups in total. The summed E-state index contributed by atoms with van der Waals surface area (Å²) in [6.45, 7) is 8.19. The minimum atomic E-state index is -0.405. The number of aromatic hydroxyl groups is 1. The SMILES string of the molecule is C=CC(=O)Nc1ccc(O)c(C(=O)N2C[C@@H](CO)[C@H](c3cnn(C(C)C)c3)C2)c1. The molecule has 0 aliphatic carbocycles. The van der Waals surface area contributed by atoms with Gasteiger partial charge in [-0.2, -0.15) is 5.10 Å². The van der Waals surface area contributed by atoms with Crippen LogP contribution in [0.4, 0.5) is 5.69 Å². The van der Waals surface area contributed by atoms with Gasteiger partial charge < -0.3 is 20.4 Å². The number of nitrogens with one attached hydrogen (secondary N) is 1. The van der Waals surface area contributed by atoms with Crippen LogP contribution in [0.1, 0.15) is 41.7 Å². The molecule has 2 amide bonds. The van der Waals surface area contributed by atoms with E-state index in [4.69, 9.17) is 0 Å². The average molecular weight is 398 g/mol. The monoisotopic (exact) mass is 398 g/mol. The third-order valence-corrected chi connectivity index (χ3v) is 5.22. The van der Waals surface area contributed by atoms with Gasteiger partial charge in [-0.1, -0.05) is 6.58 Å². The van der Waals surface area contributed by atoms with Crippen molar-refractivity contribution in [3.8, 4) is 5.75 Å². The highest BCUT2D eigenvalue weighted by Crippen LogP contribution is 2.34. The van der Waals surface area contributed by atoms with Crippen LogP contribution in [0.15, 0.2) is 43.2 Å². The first-order valence-electron chi connectivity index (χ1n) is 9.54. The molecule has 1 aromatic carbocycles. The highest BCUT2D eigenvalue weighted by molar-refractivity contribution is 6.02. The van der Waals surface area contributed by atoms with Gasteiger partial charge in [0, 0.05) is 49.5 Å².